The van der Waals surface area contributed by atoms with E-state index < -0.39 is 0 Å². The molecule has 1 unspecified atom stereocenters. The normalized spacial score (nSPS) is 16.3. The van der Waals surface area contributed by atoms with Gasteiger partial charge in [0.2, 0.25) is 11.8 Å². The molecule has 0 amide bonds. The number of anilines is 3. The minimum atomic E-state index is -0.220. The average Bonchev–Trinajstić information content (AvgIpc) is 3.53. The van der Waals surface area contributed by atoms with Crippen molar-refractivity contribution >= 4 is 23.1 Å². The first-order valence-corrected chi connectivity index (χ1v) is 11.4. The zero-order valence-electron chi connectivity index (χ0n) is 19.8. The van der Waals surface area contributed by atoms with E-state index in [9.17, 15) is 0 Å². The summed E-state index contributed by atoms with van der Waals surface area (Å²) in [5.41, 5.74) is 1.93. The molecule has 0 bridgehead atoms. The lowest BCUT2D eigenvalue weighted by Crippen LogP contribution is -2.27. The van der Waals surface area contributed by atoms with E-state index >= 15 is 0 Å². The number of nitrogens with zero attached hydrogens (tertiary/aromatic N) is 5. The molecule has 10 nitrogen and oxygen atoms in total. The molecule has 4 aromatic rings. The second kappa shape index (κ2) is 9.03. The van der Waals surface area contributed by atoms with Gasteiger partial charge in [-0.05, 0) is 58.4 Å². The van der Waals surface area contributed by atoms with Crippen molar-refractivity contribution in [1.82, 2.24) is 24.6 Å². The van der Waals surface area contributed by atoms with Gasteiger partial charge >= 0.3 is 0 Å². The van der Waals surface area contributed by atoms with Gasteiger partial charge in [-0.1, -0.05) is 6.07 Å². The molecule has 2 N–H and O–H groups in total. The van der Waals surface area contributed by atoms with E-state index in [2.05, 4.69) is 46.5 Å². The molecule has 34 heavy (non-hydrogen) atoms. The van der Waals surface area contributed by atoms with Gasteiger partial charge in [0.1, 0.15) is 17.3 Å². The minimum Gasteiger partial charge on any atom is -0.458 e. The molecule has 1 fully saturated rings. The van der Waals surface area contributed by atoms with Crippen LogP contribution in [0.3, 0.4) is 0 Å². The van der Waals surface area contributed by atoms with Crippen LogP contribution in [-0.4, -0.2) is 49.4 Å². The van der Waals surface area contributed by atoms with Gasteiger partial charge < -0.3 is 24.5 Å². The second-order valence-electron chi connectivity index (χ2n) is 9.39. The molecule has 0 spiro atoms. The van der Waals surface area contributed by atoms with Crippen LogP contribution in [0.4, 0.5) is 17.5 Å². The van der Waals surface area contributed by atoms with Gasteiger partial charge in [0.15, 0.2) is 11.4 Å². The van der Waals surface area contributed by atoms with Crippen LogP contribution in [0.5, 0.6) is 0 Å². The molecule has 1 aliphatic heterocycles. The first-order valence-electron chi connectivity index (χ1n) is 11.4. The zero-order valence-corrected chi connectivity index (χ0v) is 19.8. The Kier molecular flexibility index (Phi) is 5.93. The van der Waals surface area contributed by atoms with Crippen LogP contribution in [-0.2, 0) is 16.1 Å². The molecule has 1 saturated heterocycles. The zero-order chi connectivity index (χ0) is 23.7. The Morgan fingerprint density at radius 2 is 2.03 bits per heavy atom. The molecule has 0 aromatic carbocycles. The van der Waals surface area contributed by atoms with Crippen molar-refractivity contribution in [2.24, 2.45) is 0 Å². The van der Waals surface area contributed by atoms with Crippen LogP contribution in [0.2, 0.25) is 0 Å². The van der Waals surface area contributed by atoms with Gasteiger partial charge in [-0.2, -0.15) is 19.6 Å². The Balaban J connectivity index is 1.45. The van der Waals surface area contributed by atoms with Crippen molar-refractivity contribution in [2.75, 3.05) is 23.8 Å². The Bertz CT molecular complexity index is 1290. The molecular weight excluding hydrogens is 434 g/mol. The lowest BCUT2D eigenvalue weighted by atomic mass is 10.1. The highest BCUT2D eigenvalue weighted by Gasteiger charge is 2.20. The maximum absolute atomic E-state index is 5.91. The maximum Gasteiger partial charge on any atom is 0.227 e. The first-order chi connectivity index (χ1) is 16.3. The molecule has 1 aliphatic rings. The standard InChI is InChI=1S/C24H29N7O3/c1-15-8-9-19(34-15)22-29-23(30-24(2,3)4)28-21-18(12-25-31(21)22)27-20-7-5-6-16(26-20)13-33-17-10-11-32-14-17/h5-9,12,17H,10-11,13-14H2,1-4H3,(H,26,27)(H,28,30). The summed E-state index contributed by atoms with van der Waals surface area (Å²) >= 11 is 0. The number of aromatic nitrogens is 5. The third kappa shape index (κ3) is 5.02. The Morgan fingerprint density at radius 3 is 2.76 bits per heavy atom. The fourth-order valence-electron chi connectivity index (χ4n) is 3.69. The second-order valence-corrected chi connectivity index (χ2v) is 9.39. The summed E-state index contributed by atoms with van der Waals surface area (Å²) in [4.78, 5) is 14.1. The summed E-state index contributed by atoms with van der Waals surface area (Å²) in [6, 6.07) is 9.58. The van der Waals surface area contributed by atoms with Crippen molar-refractivity contribution in [3.8, 4) is 11.6 Å². The van der Waals surface area contributed by atoms with Crippen molar-refractivity contribution in [3.63, 3.8) is 0 Å². The van der Waals surface area contributed by atoms with Gasteiger partial charge in [0.25, 0.3) is 0 Å². The van der Waals surface area contributed by atoms with Gasteiger partial charge in [-0.3, -0.25) is 0 Å². The van der Waals surface area contributed by atoms with E-state index in [0.717, 1.165) is 24.5 Å². The minimum absolute atomic E-state index is 0.132. The Labute approximate surface area is 197 Å². The molecule has 4 aromatic heterocycles. The lowest BCUT2D eigenvalue weighted by Gasteiger charge is -2.20. The van der Waals surface area contributed by atoms with Crippen LogP contribution >= 0.6 is 0 Å². The van der Waals surface area contributed by atoms with Gasteiger partial charge in [0.05, 0.1) is 31.2 Å². The Hall–Kier alpha value is -3.50. The highest BCUT2D eigenvalue weighted by molar-refractivity contribution is 5.74. The first kappa shape index (κ1) is 22.3. The molecule has 0 aliphatic carbocycles. The van der Waals surface area contributed by atoms with Crippen molar-refractivity contribution in [1.29, 1.82) is 0 Å². The molecule has 178 valence electrons. The number of pyridine rings is 1. The summed E-state index contributed by atoms with van der Waals surface area (Å²) in [6.45, 7) is 9.90. The van der Waals surface area contributed by atoms with Crippen molar-refractivity contribution in [3.05, 3.63) is 48.0 Å². The summed E-state index contributed by atoms with van der Waals surface area (Å²) in [5, 5.41) is 11.2. The van der Waals surface area contributed by atoms with E-state index in [4.69, 9.17) is 18.9 Å². The Morgan fingerprint density at radius 1 is 1.15 bits per heavy atom. The van der Waals surface area contributed by atoms with Crippen LogP contribution in [0.1, 0.15) is 38.6 Å². The predicted octanol–water partition coefficient (Wildman–Crippen LogP) is 4.35. The van der Waals surface area contributed by atoms with Gasteiger partial charge in [-0.25, -0.2) is 4.98 Å². The molecule has 1 atom stereocenters. The number of rotatable bonds is 7. The van der Waals surface area contributed by atoms with Crippen LogP contribution in [0.15, 0.2) is 40.9 Å². The monoisotopic (exact) mass is 463 g/mol. The third-order valence-corrected chi connectivity index (χ3v) is 5.24. The molecule has 0 saturated carbocycles. The van der Waals surface area contributed by atoms with Crippen LogP contribution in [0.25, 0.3) is 17.2 Å². The number of aryl methyl sites for hydroxylation is 1. The van der Waals surface area contributed by atoms with E-state index in [0.29, 0.717) is 47.9 Å². The van der Waals surface area contributed by atoms with E-state index in [1.165, 1.54) is 0 Å². The summed E-state index contributed by atoms with van der Waals surface area (Å²) in [7, 11) is 0. The smallest absolute Gasteiger partial charge is 0.227 e. The molecular formula is C24H29N7O3. The van der Waals surface area contributed by atoms with E-state index in [1.54, 1.807) is 10.7 Å². The van der Waals surface area contributed by atoms with E-state index in [-0.39, 0.29) is 11.6 Å². The number of hydrogen-bond acceptors (Lipinski definition) is 9. The van der Waals surface area contributed by atoms with Gasteiger partial charge in [-0.15, -0.1) is 0 Å². The number of hydrogen-bond donors (Lipinski definition) is 2. The average molecular weight is 464 g/mol. The quantitative estimate of drug-likeness (QED) is 0.413. The topological polar surface area (TPSA) is 112 Å². The molecule has 5 rings (SSSR count). The fraction of sp³-hybridized carbons (Fsp3) is 0.417. The number of furan rings is 1. The predicted molar refractivity (Wildman–Crippen MR) is 128 cm³/mol. The summed E-state index contributed by atoms with van der Waals surface area (Å²) in [5.74, 6) is 3.14. The third-order valence-electron chi connectivity index (χ3n) is 5.24. The van der Waals surface area contributed by atoms with E-state index in [1.807, 2.05) is 37.3 Å². The number of ether oxygens (including phenoxy) is 2. The lowest BCUT2D eigenvalue weighted by molar-refractivity contribution is 0.0302. The highest BCUT2D eigenvalue weighted by atomic mass is 16.5. The highest BCUT2D eigenvalue weighted by Crippen LogP contribution is 2.27. The number of nitrogens with one attached hydrogen (secondary N) is 2. The van der Waals surface area contributed by atoms with Crippen LogP contribution < -0.4 is 10.6 Å². The maximum atomic E-state index is 5.91. The largest absolute Gasteiger partial charge is 0.458 e. The summed E-state index contributed by atoms with van der Waals surface area (Å²) in [6.07, 6.45) is 2.76. The van der Waals surface area contributed by atoms with Crippen LogP contribution in [0, 0.1) is 6.92 Å². The molecule has 5 heterocycles. The summed E-state index contributed by atoms with van der Waals surface area (Å²) < 4.78 is 18.8. The van der Waals surface area contributed by atoms with Gasteiger partial charge in [0, 0.05) is 12.1 Å². The molecule has 10 heteroatoms. The van der Waals surface area contributed by atoms with Crippen molar-refractivity contribution in [2.45, 2.75) is 52.4 Å². The fourth-order valence-corrected chi connectivity index (χ4v) is 3.69. The number of fused-ring (bicyclic) bond motifs is 1. The molecule has 0 radical (unpaired) electrons. The van der Waals surface area contributed by atoms with Crippen molar-refractivity contribution < 1.29 is 13.9 Å². The SMILES string of the molecule is Cc1ccc(-c2nc(NC(C)(C)C)nc3c(Nc4cccc(COC5CCOC5)n4)cnn23)o1.